The summed E-state index contributed by atoms with van der Waals surface area (Å²) in [4.78, 5) is 26.5. The molecule has 1 atom stereocenters. The highest BCUT2D eigenvalue weighted by atomic mass is 32.2. The van der Waals surface area contributed by atoms with E-state index in [2.05, 4.69) is 5.32 Å². The zero-order valence-corrected chi connectivity index (χ0v) is 14.3. The van der Waals surface area contributed by atoms with E-state index in [-0.39, 0.29) is 18.4 Å². The van der Waals surface area contributed by atoms with E-state index < -0.39 is 6.04 Å². The summed E-state index contributed by atoms with van der Waals surface area (Å²) in [5.74, 6) is 1.62. The number of ether oxygens (including phenoxy) is 1. The smallest absolute Gasteiger partial charge is 0.254 e. The molecule has 1 heterocycles. The highest BCUT2D eigenvalue weighted by Crippen LogP contribution is 2.22. The molecule has 6 nitrogen and oxygen atoms in total. The Morgan fingerprint density at radius 1 is 1.39 bits per heavy atom. The summed E-state index contributed by atoms with van der Waals surface area (Å²) in [6.45, 7) is 3.51. The van der Waals surface area contributed by atoms with Crippen molar-refractivity contribution in [3.05, 3.63) is 29.3 Å². The van der Waals surface area contributed by atoms with E-state index in [1.807, 2.05) is 23.6 Å². The number of nitrogens with two attached hydrogens (primary N) is 1. The molecule has 0 aliphatic carbocycles. The van der Waals surface area contributed by atoms with Gasteiger partial charge in [-0.15, -0.1) is 0 Å². The molecule has 1 unspecified atom stereocenters. The maximum absolute atomic E-state index is 12.7. The molecule has 0 aromatic heterocycles. The van der Waals surface area contributed by atoms with Crippen molar-refractivity contribution in [3.63, 3.8) is 0 Å². The second-order valence-corrected chi connectivity index (χ2v) is 6.66. The van der Waals surface area contributed by atoms with E-state index in [0.717, 1.165) is 30.2 Å². The Morgan fingerprint density at radius 2 is 2.09 bits per heavy atom. The van der Waals surface area contributed by atoms with Gasteiger partial charge in [0.15, 0.2) is 0 Å². The number of methoxy groups -OCH3 is 1. The third kappa shape index (κ3) is 4.46. The van der Waals surface area contributed by atoms with Gasteiger partial charge in [0.2, 0.25) is 5.91 Å². The van der Waals surface area contributed by atoms with Gasteiger partial charge in [-0.1, -0.05) is 6.07 Å². The standard InChI is InChI=1S/C16H23N3O3S/c1-11-12(16(21)19-6-8-23-9-7-19)4-3-5-14(11)18-15(20)13(17)10-22-2/h3-5,13H,6-10,17H2,1-2H3,(H,18,20). The Bertz CT molecular complexity index is 574. The fraction of sp³-hybridized carbons (Fsp3) is 0.500. The Kier molecular flexibility index (Phi) is 6.44. The maximum atomic E-state index is 12.7. The van der Waals surface area contributed by atoms with Crippen LogP contribution in [0.2, 0.25) is 0 Å². The van der Waals surface area contributed by atoms with Crippen LogP contribution in [0.25, 0.3) is 0 Å². The van der Waals surface area contributed by atoms with E-state index in [4.69, 9.17) is 10.5 Å². The van der Waals surface area contributed by atoms with Crippen LogP contribution in [0, 0.1) is 6.92 Å². The fourth-order valence-electron chi connectivity index (χ4n) is 2.42. The number of hydrogen-bond donors (Lipinski definition) is 2. The second kappa shape index (κ2) is 8.33. The molecule has 1 aromatic carbocycles. The molecule has 2 rings (SSSR count). The van der Waals surface area contributed by atoms with Gasteiger partial charge in [0.05, 0.1) is 6.61 Å². The maximum Gasteiger partial charge on any atom is 0.254 e. The highest BCUT2D eigenvalue weighted by Gasteiger charge is 2.22. The number of carbonyl (C=O) groups excluding carboxylic acids is 2. The quantitative estimate of drug-likeness (QED) is 0.840. The van der Waals surface area contributed by atoms with Crippen molar-refractivity contribution in [2.24, 2.45) is 5.73 Å². The zero-order valence-electron chi connectivity index (χ0n) is 13.5. The van der Waals surface area contributed by atoms with E-state index in [1.165, 1.54) is 7.11 Å². The number of nitrogens with one attached hydrogen (secondary N) is 1. The van der Waals surface area contributed by atoms with E-state index in [9.17, 15) is 9.59 Å². The molecule has 7 heteroatoms. The van der Waals surface area contributed by atoms with Gasteiger partial charge in [-0.25, -0.2) is 0 Å². The lowest BCUT2D eigenvalue weighted by molar-refractivity contribution is -0.118. The first kappa shape index (κ1) is 17.8. The lowest BCUT2D eigenvalue weighted by Crippen LogP contribution is -2.40. The number of anilines is 1. The van der Waals surface area contributed by atoms with Crippen LogP contribution in [0.1, 0.15) is 15.9 Å². The molecule has 0 saturated carbocycles. The summed E-state index contributed by atoms with van der Waals surface area (Å²) >= 11 is 1.86. The number of hydrogen-bond acceptors (Lipinski definition) is 5. The lowest BCUT2D eigenvalue weighted by atomic mass is 10.0. The molecule has 1 aliphatic rings. The van der Waals surface area contributed by atoms with Crippen molar-refractivity contribution in [3.8, 4) is 0 Å². The minimum atomic E-state index is -0.738. The summed E-state index contributed by atoms with van der Waals surface area (Å²) in [6, 6.07) is 4.61. The minimum absolute atomic E-state index is 0.0140. The summed E-state index contributed by atoms with van der Waals surface area (Å²) in [5.41, 5.74) is 7.71. The molecular weight excluding hydrogens is 314 g/mol. The summed E-state index contributed by atoms with van der Waals surface area (Å²) in [5, 5.41) is 2.77. The lowest BCUT2D eigenvalue weighted by Gasteiger charge is -2.27. The van der Waals surface area contributed by atoms with E-state index in [1.54, 1.807) is 18.2 Å². The average molecular weight is 337 g/mol. The van der Waals surface area contributed by atoms with Crippen molar-refractivity contribution < 1.29 is 14.3 Å². The Labute approximate surface area is 140 Å². The van der Waals surface area contributed by atoms with Crippen molar-refractivity contribution in [1.82, 2.24) is 4.90 Å². The first-order chi connectivity index (χ1) is 11.0. The Hall–Kier alpha value is -1.57. The molecule has 0 spiro atoms. The summed E-state index contributed by atoms with van der Waals surface area (Å²) in [6.07, 6.45) is 0. The molecule has 2 amide bonds. The van der Waals surface area contributed by atoms with Gasteiger partial charge in [-0.05, 0) is 24.6 Å². The van der Waals surface area contributed by atoms with Gasteiger partial charge in [0, 0.05) is 43.0 Å². The third-order valence-electron chi connectivity index (χ3n) is 3.80. The van der Waals surface area contributed by atoms with Gasteiger partial charge >= 0.3 is 0 Å². The number of benzene rings is 1. The van der Waals surface area contributed by atoms with Crippen LogP contribution in [0.5, 0.6) is 0 Å². The monoisotopic (exact) mass is 337 g/mol. The predicted octanol–water partition coefficient (Wildman–Crippen LogP) is 1.10. The molecule has 1 saturated heterocycles. The fourth-order valence-corrected chi connectivity index (χ4v) is 3.32. The van der Waals surface area contributed by atoms with Gasteiger partial charge in [-0.2, -0.15) is 11.8 Å². The molecule has 0 radical (unpaired) electrons. The van der Waals surface area contributed by atoms with Crippen LogP contribution in [0.15, 0.2) is 18.2 Å². The third-order valence-corrected chi connectivity index (χ3v) is 4.75. The molecule has 23 heavy (non-hydrogen) atoms. The first-order valence-corrected chi connectivity index (χ1v) is 8.72. The van der Waals surface area contributed by atoms with Gasteiger partial charge in [-0.3, -0.25) is 9.59 Å². The van der Waals surface area contributed by atoms with Gasteiger partial charge < -0.3 is 20.7 Å². The molecule has 126 valence electrons. The summed E-state index contributed by atoms with van der Waals surface area (Å²) in [7, 11) is 1.49. The molecule has 1 fully saturated rings. The normalized spacial score (nSPS) is 16.0. The highest BCUT2D eigenvalue weighted by molar-refractivity contribution is 7.99. The van der Waals surface area contributed by atoms with E-state index in [0.29, 0.717) is 11.3 Å². The van der Waals surface area contributed by atoms with Crippen LogP contribution in [0.4, 0.5) is 5.69 Å². The topological polar surface area (TPSA) is 84.7 Å². The predicted molar refractivity (Wildman–Crippen MR) is 92.9 cm³/mol. The molecule has 1 aliphatic heterocycles. The van der Waals surface area contributed by atoms with Gasteiger partial charge in [0.1, 0.15) is 6.04 Å². The van der Waals surface area contributed by atoms with Crippen molar-refractivity contribution >= 4 is 29.3 Å². The largest absolute Gasteiger partial charge is 0.383 e. The van der Waals surface area contributed by atoms with Crippen molar-refractivity contribution in [1.29, 1.82) is 0 Å². The Balaban J connectivity index is 2.14. The van der Waals surface area contributed by atoms with Crippen molar-refractivity contribution in [2.75, 3.05) is 43.6 Å². The Morgan fingerprint density at radius 3 is 2.74 bits per heavy atom. The number of nitrogens with zero attached hydrogens (tertiary/aromatic N) is 1. The number of thioether (sulfide) groups is 1. The molecule has 3 N–H and O–H groups in total. The number of amides is 2. The molecule has 0 bridgehead atoms. The minimum Gasteiger partial charge on any atom is -0.383 e. The van der Waals surface area contributed by atoms with E-state index >= 15 is 0 Å². The average Bonchev–Trinajstić information content (AvgIpc) is 2.57. The van der Waals surface area contributed by atoms with Crippen LogP contribution in [0.3, 0.4) is 0 Å². The summed E-state index contributed by atoms with van der Waals surface area (Å²) < 4.78 is 4.89. The SMILES string of the molecule is COCC(N)C(=O)Nc1cccc(C(=O)N2CCSCC2)c1C. The van der Waals surface area contributed by atoms with Crippen molar-refractivity contribution in [2.45, 2.75) is 13.0 Å². The van der Waals surface area contributed by atoms with Crippen LogP contribution < -0.4 is 11.1 Å². The van der Waals surface area contributed by atoms with Crippen LogP contribution >= 0.6 is 11.8 Å². The second-order valence-electron chi connectivity index (χ2n) is 5.43. The van der Waals surface area contributed by atoms with Crippen LogP contribution in [-0.2, 0) is 9.53 Å². The molecule has 1 aromatic rings. The molecular formula is C16H23N3O3S. The zero-order chi connectivity index (χ0) is 16.8. The van der Waals surface area contributed by atoms with Gasteiger partial charge in [0.25, 0.3) is 5.91 Å². The van der Waals surface area contributed by atoms with Crippen LogP contribution in [-0.4, -0.2) is 61.1 Å². The number of carbonyl (C=O) groups is 2. The number of rotatable bonds is 5. The first-order valence-electron chi connectivity index (χ1n) is 7.56.